The number of rotatable bonds is 6. The van der Waals surface area contributed by atoms with Crippen molar-refractivity contribution < 1.29 is 17.9 Å². The minimum atomic E-state index is -3.97. The first-order chi connectivity index (χ1) is 9.70. The Labute approximate surface area is 125 Å². The molecule has 1 aromatic rings. The van der Waals surface area contributed by atoms with Gasteiger partial charge in [0.2, 0.25) is 10.0 Å². The Kier molecular flexibility index (Phi) is 5.74. The van der Waals surface area contributed by atoms with Gasteiger partial charge < -0.3 is 9.64 Å². The summed E-state index contributed by atoms with van der Waals surface area (Å²) < 4.78 is 28.8. The summed E-state index contributed by atoms with van der Waals surface area (Å²) in [6, 6.07) is 4.29. The summed E-state index contributed by atoms with van der Waals surface area (Å²) in [5.41, 5.74) is 0.277. The van der Waals surface area contributed by atoms with Gasteiger partial charge in [-0.05, 0) is 45.9 Å². The molecule has 118 valence electrons. The third-order valence-corrected chi connectivity index (χ3v) is 3.84. The maximum atomic E-state index is 12.3. The predicted octanol–water partition coefficient (Wildman–Crippen LogP) is 1.60. The van der Waals surface area contributed by atoms with Crippen LogP contribution < -0.4 is 9.88 Å². The Bertz CT molecular complexity index is 607. The summed E-state index contributed by atoms with van der Waals surface area (Å²) in [5, 5.41) is 5.21. The lowest BCUT2D eigenvalue weighted by atomic mass is 10.2. The SMILES string of the molecule is CCN(CC)C(=O)c1ccc(OC(C)C)c(S(N)(=O)=O)c1. The third kappa shape index (κ3) is 4.44. The van der Waals surface area contributed by atoms with Crippen LogP contribution in [0.15, 0.2) is 23.1 Å². The highest BCUT2D eigenvalue weighted by Gasteiger charge is 2.21. The van der Waals surface area contributed by atoms with Gasteiger partial charge in [-0.15, -0.1) is 0 Å². The fourth-order valence-corrected chi connectivity index (χ4v) is 2.60. The van der Waals surface area contributed by atoms with Crippen molar-refractivity contribution in [2.75, 3.05) is 13.1 Å². The predicted molar refractivity (Wildman–Crippen MR) is 80.8 cm³/mol. The van der Waals surface area contributed by atoms with E-state index in [-0.39, 0.29) is 28.2 Å². The normalized spacial score (nSPS) is 11.5. The number of carbonyl (C=O) groups excluding carboxylic acids is 1. The molecule has 0 aliphatic heterocycles. The summed E-state index contributed by atoms with van der Waals surface area (Å²) in [4.78, 5) is 13.7. The van der Waals surface area contributed by atoms with Crippen LogP contribution in [0.2, 0.25) is 0 Å². The topological polar surface area (TPSA) is 89.7 Å². The maximum Gasteiger partial charge on any atom is 0.253 e. The van der Waals surface area contributed by atoms with E-state index in [1.807, 2.05) is 13.8 Å². The number of hydrogen-bond donors (Lipinski definition) is 1. The molecule has 6 nitrogen and oxygen atoms in total. The average Bonchev–Trinajstić information content (AvgIpc) is 2.38. The Hall–Kier alpha value is -1.60. The molecule has 0 saturated carbocycles. The fraction of sp³-hybridized carbons (Fsp3) is 0.500. The van der Waals surface area contributed by atoms with Crippen molar-refractivity contribution in [1.82, 2.24) is 4.90 Å². The van der Waals surface area contributed by atoms with Crippen LogP contribution >= 0.6 is 0 Å². The van der Waals surface area contributed by atoms with Crippen molar-refractivity contribution in [3.63, 3.8) is 0 Å². The molecule has 0 spiro atoms. The van der Waals surface area contributed by atoms with E-state index in [1.165, 1.54) is 12.1 Å². The molecular weight excluding hydrogens is 292 g/mol. The highest BCUT2D eigenvalue weighted by Crippen LogP contribution is 2.25. The van der Waals surface area contributed by atoms with Gasteiger partial charge in [-0.2, -0.15) is 0 Å². The van der Waals surface area contributed by atoms with E-state index < -0.39 is 10.0 Å². The lowest BCUT2D eigenvalue weighted by Gasteiger charge is -2.20. The number of sulfonamides is 1. The van der Waals surface area contributed by atoms with Crippen LogP contribution in [-0.2, 0) is 10.0 Å². The molecule has 0 atom stereocenters. The Morgan fingerprint density at radius 3 is 2.29 bits per heavy atom. The number of benzene rings is 1. The lowest BCUT2D eigenvalue weighted by Crippen LogP contribution is -2.30. The molecule has 0 aliphatic carbocycles. The molecule has 0 aromatic heterocycles. The van der Waals surface area contributed by atoms with E-state index >= 15 is 0 Å². The first-order valence-corrected chi connectivity index (χ1v) is 8.38. The van der Waals surface area contributed by atoms with E-state index in [1.54, 1.807) is 24.8 Å². The van der Waals surface area contributed by atoms with Gasteiger partial charge >= 0.3 is 0 Å². The molecule has 0 bridgehead atoms. The largest absolute Gasteiger partial charge is 0.490 e. The molecule has 1 rings (SSSR count). The second-order valence-corrected chi connectivity index (χ2v) is 6.38. The number of hydrogen-bond acceptors (Lipinski definition) is 4. The standard InChI is InChI=1S/C14H22N2O4S/c1-5-16(6-2)14(17)11-7-8-12(20-10(3)4)13(9-11)21(15,18)19/h7-10H,5-6H2,1-4H3,(H2,15,18,19). The highest BCUT2D eigenvalue weighted by molar-refractivity contribution is 7.89. The van der Waals surface area contributed by atoms with Gasteiger partial charge in [-0.1, -0.05) is 0 Å². The molecule has 21 heavy (non-hydrogen) atoms. The molecule has 1 aromatic carbocycles. The van der Waals surface area contributed by atoms with Crippen molar-refractivity contribution in [3.05, 3.63) is 23.8 Å². The van der Waals surface area contributed by atoms with Crippen LogP contribution in [0, 0.1) is 0 Å². The molecule has 0 aliphatic rings. The highest BCUT2D eigenvalue weighted by atomic mass is 32.2. The van der Waals surface area contributed by atoms with Crippen molar-refractivity contribution >= 4 is 15.9 Å². The number of carbonyl (C=O) groups is 1. The fourth-order valence-electron chi connectivity index (χ4n) is 1.91. The zero-order valence-electron chi connectivity index (χ0n) is 12.8. The minimum absolute atomic E-state index is 0.156. The number of amides is 1. The zero-order chi connectivity index (χ0) is 16.2. The summed E-state index contributed by atoms with van der Waals surface area (Å²) in [6.45, 7) is 8.37. The molecule has 2 N–H and O–H groups in total. The molecule has 0 heterocycles. The molecule has 0 saturated heterocycles. The monoisotopic (exact) mass is 314 g/mol. The van der Waals surface area contributed by atoms with Gasteiger partial charge in [-0.3, -0.25) is 4.79 Å². The van der Waals surface area contributed by atoms with Gasteiger partial charge in [0.15, 0.2) is 0 Å². The van der Waals surface area contributed by atoms with Gasteiger partial charge in [-0.25, -0.2) is 13.6 Å². The summed E-state index contributed by atoms with van der Waals surface area (Å²) in [7, 11) is -3.97. The summed E-state index contributed by atoms with van der Waals surface area (Å²) >= 11 is 0. The summed E-state index contributed by atoms with van der Waals surface area (Å²) in [6.07, 6.45) is -0.199. The van der Waals surface area contributed by atoms with Crippen molar-refractivity contribution in [1.29, 1.82) is 0 Å². The van der Waals surface area contributed by atoms with Crippen LogP contribution in [0.25, 0.3) is 0 Å². The van der Waals surface area contributed by atoms with Crippen molar-refractivity contribution in [3.8, 4) is 5.75 Å². The first kappa shape index (κ1) is 17.5. The van der Waals surface area contributed by atoms with Crippen LogP contribution in [0.5, 0.6) is 5.75 Å². The maximum absolute atomic E-state index is 12.3. The molecular formula is C14H22N2O4S. The molecule has 7 heteroatoms. The van der Waals surface area contributed by atoms with Crippen LogP contribution in [-0.4, -0.2) is 38.4 Å². The second kappa shape index (κ2) is 6.91. The minimum Gasteiger partial charge on any atom is -0.490 e. The third-order valence-electron chi connectivity index (χ3n) is 2.91. The van der Waals surface area contributed by atoms with E-state index in [4.69, 9.17) is 9.88 Å². The van der Waals surface area contributed by atoms with Crippen LogP contribution in [0.1, 0.15) is 38.1 Å². The zero-order valence-corrected chi connectivity index (χ0v) is 13.6. The Balaban J connectivity index is 3.31. The van der Waals surface area contributed by atoms with E-state index in [0.717, 1.165) is 0 Å². The summed E-state index contributed by atoms with van der Waals surface area (Å²) in [5.74, 6) is -0.0791. The average molecular weight is 314 g/mol. The molecule has 1 amide bonds. The van der Waals surface area contributed by atoms with Crippen LogP contribution in [0.4, 0.5) is 0 Å². The van der Waals surface area contributed by atoms with Gasteiger partial charge in [0.05, 0.1) is 6.10 Å². The van der Waals surface area contributed by atoms with Gasteiger partial charge in [0.1, 0.15) is 10.6 Å². The van der Waals surface area contributed by atoms with E-state index in [2.05, 4.69) is 0 Å². The van der Waals surface area contributed by atoms with Gasteiger partial charge in [0.25, 0.3) is 5.91 Å². The van der Waals surface area contributed by atoms with Crippen LogP contribution in [0.3, 0.4) is 0 Å². The first-order valence-electron chi connectivity index (χ1n) is 6.83. The lowest BCUT2D eigenvalue weighted by molar-refractivity contribution is 0.0772. The Morgan fingerprint density at radius 2 is 1.86 bits per heavy atom. The Morgan fingerprint density at radius 1 is 1.29 bits per heavy atom. The second-order valence-electron chi connectivity index (χ2n) is 4.85. The number of nitrogens with zero attached hydrogens (tertiary/aromatic N) is 1. The number of ether oxygens (including phenoxy) is 1. The van der Waals surface area contributed by atoms with Gasteiger partial charge in [0, 0.05) is 18.7 Å². The molecule has 0 radical (unpaired) electrons. The quantitative estimate of drug-likeness (QED) is 0.863. The number of primary sulfonamides is 1. The smallest absolute Gasteiger partial charge is 0.253 e. The van der Waals surface area contributed by atoms with Crippen molar-refractivity contribution in [2.45, 2.75) is 38.7 Å². The van der Waals surface area contributed by atoms with E-state index in [0.29, 0.717) is 13.1 Å². The molecule has 0 fully saturated rings. The molecule has 0 unspecified atom stereocenters. The number of nitrogens with two attached hydrogens (primary N) is 1. The van der Waals surface area contributed by atoms with Crippen molar-refractivity contribution in [2.24, 2.45) is 5.14 Å². The van der Waals surface area contributed by atoms with E-state index in [9.17, 15) is 13.2 Å².